The fraction of sp³-hybridized carbons (Fsp3) is 0.263. The van der Waals surface area contributed by atoms with Crippen LogP contribution in [-0.2, 0) is 12.0 Å². The maximum atomic E-state index is 4.49. The van der Waals surface area contributed by atoms with Gasteiger partial charge < -0.3 is 10.6 Å². The van der Waals surface area contributed by atoms with Gasteiger partial charge in [0, 0.05) is 24.6 Å². The van der Waals surface area contributed by atoms with Gasteiger partial charge in [-0.15, -0.1) is 5.10 Å². The molecule has 0 aliphatic heterocycles. The number of anilines is 3. The van der Waals surface area contributed by atoms with Gasteiger partial charge in [-0.2, -0.15) is 10.1 Å². The quantitative estimate of drug-likeness (QED) is 0.736. The summed E-state index contributed by atoms with van der Waals surface area (Å²) >= 11 is 0. The second kappa shape index (κ2) is 7.25. The van der Waals surface area contributed by atoms with Crippen LogP contribution in [0.5, 0.6) is 0 Å². The smallest absolute Gasteiger partial charge is 0.244 e. The van der Waals surface area contributed by atoms with Crippen molar-refractivity contribution in [3.05, 3.63) is 66.1 Å². The predicted molar refractivity (Wildman–Crippen MR) is 99.8 cm³/mol. The van der Waals surface area contributed by atoms with Crippen LogP contribution in [0.3, 0.4) is 0 Å². The molecule has 0 aliphatic rings. The van der Waals surface area contributed by atoms with Gasteiger partial charge in [0.05, 0.1) is 6.20 Å². The Bertz CT molecular complexity index is 827. The van der Waals surface area contributed by atoms with Crippen LogP contribution < -0.4 is 10.6 Å². The molecule has 0 aliphatic carbocycles. The number of aromatic nitrogens is 4. The van der Waals surface area contributed by atoms with E-state index in [2.05, 4.69) is 57.6 Å². The first-order valence-corrected chi connectivity index (χ1v) is 8.21. The van der Waals surface area contributed by atoms with Crippen molar-refractivity contribution in [2.75, 3.05) is 10.6 Å². The summed E-state index contributed by atoms with van der Waals surface area (Å²) in [6, 6.07) is 12.1. The van der Waals surface area contributed by atoms with E-state index in [0.717, 1.165) is 11.3 Å². The van der Waals surface area contributed by atoms with E-state index in [-0.39, 0.29) is 5.41 Å². The minimum Gasteiger partial charge on any atom is -0.349 e. The maximum Gasteiger partial charge on any atom is 0.244 e. The second-order valence-electron chi connectivity index (χ2n) is 6.79. The van der Waals surface area contributed by atoms with Crippen molar-refractivity contribution in [1.29, 1.82) is 0 Å². The van der Waals surface area contributed by atoms with Gasteiger partial charge in [-0.3, -0.25) is 4.98 Å². The summed E-state index contributed by atoms with van der Waals surface area (Å²) in [5.41, 5.74) is 3.39. The highest BCUT2D eigenvalue weighted by Gasteiger charge is 2.17. The van der Waals surface area contributed by atoms with Gasteiger partial charge in [-0.25, -0.2) is 0 Å². The van der Waals surface area contributed by atoms with E-state index in [1.807, 2.05) is 30.3 Å². The number of hydrogen-bond donors (Lipinski definition) is 2. The number of para-hydroxylation sites is 1. The summed E-state index contributed by atoms with van der Waals surface area (Å²) in [5, 5.41) is 14.6. The first-order chi connectivity index (χ1) is 12.0. The summed E-state index contributed by atoms with van der Waals surface area (Å²) in [7, 11) is 0. The van der Waals surface area contributed by atoms with Crippen LogP contribution in [-0.4, -0.2) is 20.2 Å². The summed E-state index contributed by atoms with van der Waals surface area (Å²) < 4.78 is 0. The van der Waals surface area contributed by atoms with Crippen molar-refractivity contribution < 1.29 is 0 Å². The largest absolute Gasteiger partial charge is 0.349 e. The third kappa shape index (κ3) is 4.50. The van der Waals surface area contributed by atoms with Gasteiger partial charge in [-0.05, 0) is 34.7 Å². The molecule has 0 saturated carbocycles. The maximum absolute atomic E-state index is 4.49. The van der Waals surface area contributed by atoms with E-state index < -0.39 is 0 Å². The molecule has 0 amide bonds. The molecule has 0 atom stereocenters. The van der Waals surface area contributed by atoms with Gasteiger partial charge in [0.15, 0.2) is 5.82 Å². The monoisotopic (exact) mass is 334 g/mol. The summed E-state index contributed by atoms with van der Waals surface area (Å²) in [6.07, 6.45) is 5.14. The lowest BCUT2D eigenvalue weighted by molar-refractivity contribution is 0.592. The number of rotatable bonds is 5. The van der Waals surface area contributed by atoms with Crippen molar-refractivity contribution in [3.8, 4) is 0 Å². The minimum atomic E-state index is 0.0342. The summed E-state index contributed by atoms with van der Waals surface area (Å²) in [5.74, 6) is 1.14. The highest BCUT2D eigenvalue weighted by atomic mass is 15.3. The molecule has 0 unspecified atom stereocenters. The highest BCUT2D eigenvalue weighted by molar-refractivity contribution is 5.62. The Kier molecular flexibility index (Phi) is 4.88. The van der Waals surface area contributed by atoms with Crippen LogP contribution in [0, 0.1) is 0 Å². The van der Waals surface area contributed by atoms with E-state index in [9.17, 15) is 0 Å². The molecule has 3 rings (SSSR count). The van der Waals surface area contributed by atoms with Crippen LogP contribution in [0.15, 0.2) is 55.0 Å². The molecule has 0 radical (unpaired) electrons. The molecule has 2 heterocycles. The Morgan fingerprint density at radius 2 is 1.76 bits per heavy atom. The van der Waals surface area contributed by atoms with E-state index in [4.69, 9.17) is 0 Å². The molecule has 2 N–H and O–H groups in total. The number of nitrogens with one attached hydrogen (secondary N) is 2. The van der Waals surface area contributed by atoms with E-state index in [1.54, 1.807) is 18.6 Å². The van der Waals surface area contributed by atoms with Crippen LogP contribution in [0.1, 0.15) is 31.9 Å². The molecule has 128 valence electrons. The van der Waals surface area contributed by atoms with Crippen LogP contribution in [0.2, 0.25) is 0 Å². The number of benzene rings is 1. The summed E-state index contributed by atoms with van der Waals surface area (Å²) in [4.78, 5) is 8.50. The average molecular weight is 334 g/mol. The first kappa shape index (κ1) is 16.8. The van der Waals surface area contributed by atoms with E-state index in [0.29, 0.717) is 18.3 Å². The Balaban J connectivity index is 1.74. The van der Waals surface area contributed by atoms with Crippen LogP contribution in [0.25, 0.3) is 0 Å². The average Bonchev–Trinajstić information content (AvgIpc) is 2.61. The zero-order valence-electron chi connectivity index (χ0n) is 14.7. The topological polar surface area (TPSA) is 75.6 Å². The second-order valence-corrected chi connectivity index (χ2v) is 6.79. The molecular formula is C19H22N6. The van der Waals surface area contributed by atoms with Crippen molar-refractivity contribution in [2.45, 2.75) is 32.7 Å². The predicted octanol–water partition coefficient (Wildman–Crippen LogP) is 3.92. The molecule has 3 aromatic rings. The van der Waals surface area contributed by atoms with Crippen molar-refractivity contribution in [1.82, 2.24) is 20.2 Å². The van der Waals surface area contributed by atoms with Gasteiger partial charge in [0.1, 0.15) is 0 Å². The van der Waals surface area contributed by atoms with Crippen LogP contribution in [0.4, 0.5) is 17.5 Å². The molecule has 6 nitrogen and oxygen atoms in total. The van der Waals surface area contributed by atoms with Gasteiger partial charge in [0.25, 0.3) is 0 Å². The Morgan fingerprint density at radius 1 is 1.00 bits per heavy atom. The van der Waals surface area contributed by atoms with Crippen molar-refractivity contribution in [2.24, 2.45) is 0 Å². The SMILES string of the molecule is CC(C)(C)c1ccccc1Nc1cnnc(NCc2ccncc2)n1. The Hall–Kier alpha value is -3.02. The molecule has 25 heavy (non-hydrogen) atoms. The zero-order chi connectivity index (χ0) is 17.7. The third-order valence-corrected chi connectivity index (χ3v) is 3.76. The number of pyridine rings is 1. The van der Waals surface area contributed by atoms with Crippen molar-refractivity contribution in [3.63, 3.8) is 0 Å². The molecular weight excluding hydrogens is 312 g/mol. The molecule has 2 aromatic heterocycles. The van der Waals surface area contributed by atoms with Gasteiger partial charge >= 0.3 is 0 Å². The first-order valence-electron chi connectivity index (χ1n) is 8.21. The number of nitrogens with zero attached hydrogens (tertiary/aromatic N) is 4. The molecule has 0 spiro atoms. The Labute approximate surface area is 147 Å². The minimum absolute atomic E-state index is 0.0342. The molecule has 0 bridgehead atoms. The van der Waals surface area contributed by atoms with E-state index >= 15 is 0 Å². The third-order valence-electron chi connectivity index (χ3n) is 3.76. The summed E-state index contributed by atoms with van der Waals surface area (Å²) in [6.45, 7) is 7.18. The Morgan fingerprint density at radius 3 is 2.52 bits per heavy atom. The zero-order valence-corrected chi connectivity index (χ0v) is 14.7. The van der Waals surface area contributed by atoms with E-state index in [1.165, 1.54) is 5.56 Å². The highest BCUT2D eigenvalue weighted by Crippen LogP contribution is 2.30. The lowest BCUT2D eigenvalue weighted by Crippen LogP contribution is -2.14. The fourth-order valence-corrected chi connectivity index (χ4v) is 2.50. The lowest BCUT2D eigenvalue weighted by atomic mass is 9.86. The molecule has 0 fully saturated rings. The van der Waals surface area contributed by atoms with Crippen LogP contribution >= 0.6 is 0 Å². The molecule has 1 aromatic carbocycles. The lowest BCUT2D eigenvalue weighted by Gasteiger charge is -2.23. The molecule has 0 saturated heterocycles. The number of hydrogen-bond acceptors (Lipinski definition) is 6. The fourth-order valence-electron chi connectivity index (χ4n) is 2.50. The molecule has 6 heteroatoms. The van der Waals surface area contributed by atoms with Gasteiger partial charge in [-0.1, -0.05) is 39.0 Å². The normalized spacial score (nSPS) is 11.2. The standard InChI is InChI=1S/C19H22N6/c1-19(2,3)15-6-4-5-7-16(15)23-17-13-22-25-18(24-17)21-12-14-8-10-20-11-9-14/h4-11,13H,12H2,1-3H3,(H2,21,23,24,25). The van der Waals surface area contributed by atoms with Gasteiger partial charge in [0.2, 0.25) is 5.95 Å². The van der Waals surface area contributed by atoms with Crippen molar-refractivity contribution >= 4 is 17.5 Å².